The first-order valence-corrected chi connectivity index (χ1v) is 5.81. The van der Waals surface area contributed by atoms with E-state index in [1.165, 1.54) is 0 Å². The van der Waals surface area contributed by atoms with Crippen molar-refractivity contribution in [3.8, 4) is 5.75 Å². The molecule has 2 rings (SSSR count). The average molecular weight is 260 g/mol. The maximum Gasteiger partial charge on any atom is 0.223 e. The van der Waals surface area contributed by atoms with Gasteiger partial charge in [-0.05, 0) is 12.1 Å². The van der Waals surface area contributed by atoms with Crippen LogP contribution in [-0.4, -0.2) is 23.1 Å². The highest BCUT2D eigenvalue weighted by Crippen LogP contribution is 2.11. The van der Waals surface area contributed by atoms with Gasteiger partial charge >= 0.3 is 0 Å². The van der Waals surface area contributed by atoms with Crippen LogP contribution in [0.3, 0.4) is 0 Å². The molecule has 0 unspecified atom stereocenters. The smallest absolute Gasteiger partial charge is 0.223 e. The topological polar surface area (TPSA) is 111 Å². The van der Waals surface area contributed by atoms with Crippen LogP contribution in [0.4, 0.5) is 17.6 Å². The first-order chi connectivity index (χ1) is 9.28. The zero-order chi connectivity index (χ0) is 13.5. The predicted octanol–water partition coefficient (Wildman–Crippen LogP) is 0.835. The van der Waals surface area contributed by atoms with Gasteiger partial charge in [0.05, 0.1) is 6.54 Å². The van der Waals surface area contributed by atoms with E-state index in [0.717, 1.165) is 5.75 Å². The molecule has 0 fully saturated rings. The molecular weight excluding hydrogens is 244 g/mol. The molecule has 2 aromatic rings. The van der Waals surface area contributed by atoms with E-state index in [9.17, 15) is 0 Å². The van der Waals surface area contributed by atoms with Gasteiger partial charge in [0.1, 0.15) is 24.0 Å². The quantitative estimate of drug-likeness (QED) is 0.346. The van der Waals surface area contributed by atoms with Crippen molar-refractivity contribution in [3.63, 3.8) is 0 Å². The van der Waals surface area contributed by atoms with Gasteiger partial charge in [-0.1, -0.05) is 18.2 Å². The number of hydrazine groups is 1. The van der Waals surface area contributed by atoms with Crippen LogP contribution >= 0.6 is 0 Å². The molecule has 1 heterocycles. The zero-order valence-electron chi connectivity index (χ0n) is 10.3. The van der Waals surface area contributed by atoms with E-state index in [1.54, 1.807) is 6.07 Å². The summed E-state index contributed by atoms with van der Waals surface area (Å²) in [5.74, 6) is 7.31. The molecule has 19 heavy (non-hydrogen) atoms. The minimum absolute atomic E-state index is 0.155. The van der Waals surface area contributed by atoms with E-state index in [-0.39, 0.29) is 5.95 Å². The van der Waals surface area contributed by atoms with Crippen LogP contribution in [0.1, 0.15) is 0 Å². The Hall–Kier alpha value is -2.54. The van der Waals surface area contributed by atoms with E-state index in [4.69, 9.17) is 16.3 Å². The molecule has 0 saturated heterocycles. The van der Waals surface area contributed by atoms with E-state index in [0.29, 0.717) is 24.8 Å². The third-order valence-electron chi connectivity index (χ3n) is 2.31. The number of ether oxygens (including phenoxy) is 1. The Kier molecular flexibility index (Phi) is 4.35. The van der Waals surface area contributed by atoms with E-state index < -0.39 is 0 Å². The minimum atomic E-state index is 0.155. The Morgan fingerprint density at radius 2 is 1.84 bits per heavy atom. The van der Waals surface area contributed by atoms with Crippen LogP contribution in [0.2, 0.25) is 0 Å². The molecule has 0 atom stereocenters. The van der Waals surface area contributed by atoms with Gasteiger partial charge in [0.2, 0.25) is 5.95 Å². The van der Waals surface area contributed by atoms with Gasteiger partial charge in [-0.25, -0.2) is 5.84 Å². The first kappa shape index (κ1) is 12.9. The average Bonchev–Trinajstić information content (AvgIpc) is 2.44. The van der Waals surface area contributed by atoms with Gasteiger partial charge < -0.3 is 21.2 Å². The van der Waals surface area contributed by atoms with Gasteiger partial charge in [0.15, 0.2) is 0 Å². The molecule has 0 amide bonds. The van der Waals surface area contributed by atoms with Crippen molar-refractivity contribution in [2.75, 3.05) is 29.6 Å². The van der Waals surface area contributed by atoms with Crippen LogP contribution in [0, 0.1) is 0 Å². The molecule has 0 saturated carbocycles. The fourth-order valence-corrected chi connectivity index (χ4v) is 1.50. The lowest BCUT2D eigenvalue weighted by Gasteiger charge is -2.09. The lowest BCUT2D eigenvalue weighted by atomic mass is 10.3. The third kappa shape index (κ3) is 4.00. The molecule has 7 nitrogen and oxygen atoms in total. The molecule has 1 aromatic heterocycles. The third-order valence-corrected chi connectivity index (χ3v) is 2.31. The SMILES string of the molecule is NNc1cc(NCCOc2ccccc2)nc(N)n1. The van der Waals surface area contributed by atoms with E-state index in [2.05, 4.69) is 20.7 Å². The lowest BCUT2D eigenvalue weighted by molar-refractivity contribution is 0.333. The van der Waals surface area contributed by atoms with Crippen molar-refractivity contribution in [1.82, 2.24) is 9.97 Å². The van der Waals surface area contributed by atoms with Crippen molar-refractivity contribution >= 4 is 17.6 Å². The number of nitrogens with two attached hydrogens (primary N) is 2. The normalized spacial score (nSPS) is 9.95. The molecule has 0 aliphatic heterocycles. The zero-order valence-corrected chi connectivity index (χ0v) is 10.3. The molecular formula is C12H16N6O. The standard InChI is InChI=1S/C12H16N6O/c13-12-16-10(8-11(17-12)18-14)15-6-7-19-9-4-2-1-3-5-9/h1-5,8H,6-7,14H2,(H4,13,15,16,17,18). The summed E-state index contributed by atoms with van der Waals surface area (Å²) in [6.07, 6.45) is 0. The van der Waals surface area contributed by atoms with Gasteiger partial charge in [-0.15, -0.1) is 0 Å². The Labute approximate surface area is 111 Å². The van der Waals surface area contributed by atoms with E-state index in [1.807, 2.05) is 30.3 Å². The van der Waals surface area contributed by atoms with Crippen molar-refractivity contribution in [2.24, 2.45) is 5.84 Å². The van der Waals surface area contributed by atoms with E-state index >= 15 is 0 Å². The maximum atomic E-state index is 5.54. The van der Waals surface area contributed by atoms with Crippen LogP contribution in [0.5, 0.6) is 5.75 Å². The molecule has 100 valence electrons. The van der Waals surface area contributed by atoms with Crippen molar-refractivity contribution in [3.05, 3.63) is 36.4 Å². The summed E-state index contributed by atoms with van der Waals surface area (Å²) < 4.78 is 5.54. The number of nitrogen functional groups attached to an aromatic ring is 2. The number of hydrogen-bond acceptors (Lipinski definition) is 7. The summed E-state index contributed by atoms with van der Waals surface area (Å²) in [6, 6.07) is 11.3. The minimum Gasteiger partial charge on any atom is -0.492 e. The lowest BCUT2D eigenvalue weighted by Crippen LogP contribution is -2.15. The number of benzene rings is 1. The Morgan fingerprint density at radius 1 is 1.11 bits per heavy atom. The van der Waals surface area contributed by atoms with Gasteiger partial charge in [0.25, 0.3) is 0 Å². The second-order valence-corrected chi connectivity index (χ2v) is 3.73. The Balaban J connectivity index is 1.81. The number of nitrogens with zero attached hydrogens (tertiary/aromatic N) is 2. The predicted molar refractivity (Wildman–Crippen MR) is 74.7 cm³/mol. The van der Waals surface area contributed by atoms with Gasteiger partial charge in [0, 0.05) is 6.07 Å². The molecule has 6 N–H and O–H groups in total. The Bertz CT molecular complexity index is 519. The van der Waals surface area contributed by atoms with Crippen LogP contribution in [0.15, 0.2) is 36.4 Å². The summed E-state index contributed by atoms with van der Waals surface area (Å²) in [5, 5.41) is 3.08. The molecule has 0 bridgehead atoms. The summed E-state index contributed by atoms with van der Waals surface area (Å²) in [5.41, 5.74) is 7.96. The molecule has 1 aromatic carbocycles. The summed E-state index contributed by atoms with van der Waals surface area (Å²) >= 11 is 0. The first-order valence-electron chi connectivity index (χ1n) is 5.81. The van der Waals surface area contributed by atoms with Crippen LogP contribution < -0.4 is 27.1 Å². The second-order valence-electron chi connectivity index (χ2n) is 3.73. The number of hydrogen-bond donors (Lipinski definition) is 4. The number of para-hydroxylation sites is 1. The number of anilines is 3. The monoisotopic (exact) mass is 260 g/mol. The number of nitrogens with one attached hydrogen (secondary N) is 2. The van der Waals surface area contributed by atoms with Crippen molar-refractivity contribution in [2.45, 2.75) is 0 Å². The summed E-state index contributed by atoms with van der Waals surface area (Å²) in [7, 11) is 0. The van der Waals surface area contributed by atoms with Crippen LogP contribution in [-0.2, 0) is 0 Å². The molecule has 0 aliphatic carbocycles. The summed E-state index contributed by atoms with van der Waals surface area (Å²) in [4.78, 5) is 7.92. The van der Waals surface area contributed by atoms with Crippen molar-refractivity contribution in [1.29, 1.82) is 0 Å². The highest BCUT2D eigenvalue weighted by atomic mass is 16.5. The summed E-state index contributed by atoms with van der Waals surface area (Å²) in [6.45, 7) is 1.11. The largest absolute Gasteiger partial charge is 0.492 e. The van der Waals surface area contributed by atoms with Gasteiger partial charge in [-0.2, -0.15) is 9.97 Å². The fourth-order valence-electron chi connectivity index (χ4n) is 1.50. The molecule has 0 spiro atoms. The number of aromatic nitrogens is 2. The Morgan fingerprint density at radius 3 is 2.58 bits per heavy atom. The number of rotatable bonds is 6. The van der Waals surface area contributed by atoms with Gasteiger partial charge in [-0.3, -0.25) is 0 Å². The molecule has 0 radical (unpaired) electrons. The second kappa shape index (κ2) is 6.41. The highest BCUT2D eigenvalue weighted by Gasteiger charge is 2.00. The van der Waals surface area contributed by atoms with Crippen LogP contribution in [0.25, 0.3) is 0 Å². The van der Waals surface area contributed by atoms with Crippen molar-refractivity contribution < 1.29 is 4.74 Å². The maximum absolute atomic E-state index is 5.54. The highest BCUT2D eigenvalue weighted by molar-refractivity contribution is 5.50. The molecule has 7 heteroatoms. The molecule has 0 aliphatic rings. The fraction of sp³-hybridized carbons (Fsp3) is 0.167.